The van der Waals surface area contributed by atoms with Crippen LogP contribution in [0.4, 0.5) is 8.78 Å². The molecule has 1 saturated heterocycles. The summed E-state index contributed by atoms with van der Waals surface area (Å²) in [6, 6.07) is 1.56. The van der Waals surface area contributed by atoms with Gasteiger partial charge in [-0.3, -0.25) is 4.79 Å². The van der Waals surface area contributed by atoms with Gasteiger partial charge in [0.05, 0.1) is 18.7 Å². The molecule has 1 aromatic carbocycles. The van der Waals surface area contributed by atoms with Crippen LogP contribution >= 0.6 is 0 Å². The van der Waals surface area contributed by atoms with E-state index in [1.54, 1.807) is 0 Å². The third kappa shape index (κ3) is 2.51. The molecule has 1 fully saturated rings. The lowest BCUT2D eigenvalue weighted by atomic mass is 9.95. The van der Waals surface area contributed by atoms with Crippen LogP contribution in [0.15, 0.2) is 12.1 Å². The zero-order valence-corrected chi connectivity index (χ0v) is 10.1. The lowest BCUT2D eigenvalue weighted by Crippen LogP contribution is -2.41. The van der Waals surface area contributed by atoms with Crippen LogP contribution in [0.25, 0.3) is 0 Å². The number of ketones is 1. The fourth-order valence-electron chi connectivity index (χ4n) is 2.15. The first kappa shape index (κ1) is 13.0. The van der Waals surface area contributed by atoms with Crippen molar-refractivity contribution in [3.05, 3.63) is 29.3 Å². The van der Waals surface area contributed by atoms with Gasteiger partial charge in [-0.25, -0.2) is 8.78 Å². The number of hydrogen-bond acceptors (Lipinski definition) is 3. The first-order valence-corrected chi connectivity index (χ1v) is 5.94. The summed E-state index contributed by atoms with van der Waals surface area (Å²) in [6.07, 6.45) is 2.49. The Morgan fingerprint density at radius 3 is 2.50 bits per heavy atom. The van der Waals surface area contributed by atoms with E-state index in [1.165, 1.54) is 7.11 Å². The number of Topliss-reactive ketones (excluding diaryl/α,β-unsaturated/α-hetero) is 1. The van der Waals surface area contributed by atoms with Gasteiger partial charge >= 0.3 is 0 Å². The van der Waals surface area contributed by atoms with Crippen molar-refractivity contribution in [2.75, 3.05) is 13.7 Å². The van der Waals surface area contributed by atoms with Crippen LogP contribution in [0, 0.1) is 11.6 Å². The SMILES string of the molecule is COc1cc(F)c(C(=O)C2CCCCN2)c(F)c1. The number of halogens is 2. The van der Waals surface area contributed by atoms with Crippen LogP contribution in [-0.2, 0) is 0 Å². The number of carbonyl (C=O) groups excluding carboxylic acids is 1. The van der Waals surface area contributed by atoms with E-state index in [9.17, 15) is 13.6 Å². The van der Waals surface area contributed by atoms with Gasteiger partial charge in [0, 0.05) is 12.1 Å². The van der Waals surface area contributed by atoms with Crippen LogP contribution in [0.2, 0.25) is 0 Å². The summed E-state index contributed by atoms with van der Waals surface area (Å²) >= 11 is 0. The average Bonchev–Trinajstić information content (AvgIpc) is 2.38. The Morgan fingerprint density at radius 2 is 2.00 bits per heavy atom. The minimum atomic E-state index is -0.871. The van der Waals surface area contributed by atoms with E-state index in [0.29, 0.717) is 13.0 Å². The Balaban J connectivity index is 2.29. The summed E-state index contributed by atoms with van der Waals surface area (Å²) in [4.78, 5) is 12.1. The number of methoxy groups -OCH3 is 1. The number of carbonyl (C=O) groups is 1. The molecule has 0 aliphatic carbocycles. The molecule has 2 rings (SSSR count). The van der Waals surface area contributed by atoms with E-state index < -0.39 is 29.0 Å². The van der Waals surface area contributed by atoms with Gasteiger partial charge in [0.2, 0.25) is 0 Å². The van der Waals surface area contributed by atoms with Crippen molar-refractivity contribution in [1.29, 1.82) is 0 Å². The lowest BCUT2D eigenvalue weighted by molar-refractivity contribution is 0.0918. The van der Waals surface area contributed by atoms with Crippen molar-refractivity contribution in [1.82, 2.24) is 5.32 Å². The molecular formula is C13H15F2NO2. The maximum absolute atomic E-state index is 13.7. The van der Waals surface area contributed by atoms with Crippen molar-refractivity contribution in [2.45, 2.75) is 25.3 Å². The Labute approximate surface area is 104 Å². The highest BCUT2D eigenvalue weighted by atomic mass is 19.1. The molecule has 0 bridgehead atoms. The molecule has 1 unspecified atom stereocenters. The van der Waals surface area contributed by atoms with Crippen LogP contribution in [0.3, 0.4) is 0 Å². The number of hydrogen-bond donors (Lipinski definition) is 1. The van der Waals surface area contributed by atoms with Crippen molar-refractivity contribution in [2.24, 2.45) is 0 Å². The van der Waals surface area contributed by atoms with Crippen LogP contribution in [0.5, 0.6) is 5.75 Å². The van der Waals surface area contributed by atoms with Crippen molar-refractivity contribution in [3.63, 3.8) is 0 Å². The van der Waals surface area contributed by atoms with E-state index >= 15 is 0 Å². The number of nitrogens with one attached hydrogen (secondary N) is 1. The molecule has 0 spiro atoms. The Kier molecular flexibility index (Phi) is 3.91. The van der Waals surface area contributed by atoms with Gasteiger partial charge in [-0.2, -0.15) is 0 Å². The Morgan fingerprint density at radius 1 is 1.33 bits per heavy atom. The summed E-state index contributed by atoms with van der Waals surface area (Å²) in [7, 11) is 1.32. The summed E-state index contributed by atoms with van der Waals surface area (Å²) < 4.78 is 32.2. The minimum Gasteiger partial charge on any atom is -0.497 e. The maximum Gasteiger partial charge on any atom is 0.185 e. The topological polar surface area (TPSA) is 38.3 Å². The molecule has 5 heteroatoms. The standard InChI is InChI=1S/C13H15F2NO2/c1-18-8-6-9(14)12(10(15)7-8)13(17)11-4-2-3-5-16-11/h6-7,11,16H,2-5H2,1H3. The fraction of sp³-hybridized carbons (Fsp3) is 0.462. The largest absolute Gasteiger partial charge is 0.497 e. The molecule has 18 heavy (non-hydrogen) atoms. The highest BCUT2D eigenvalue weighted by Crippen LogP contribution is 2.23. The average molecular weight is 255 g/mol. The molecule has 1 heterocycles. The van der Waals surface area contributed by atoms with E-state index in [0.717, 1.165) is 25.0 Å². The maximum atomic E-state index is 13.7. The first-order chi connectivity index (χ1) is 8.63. The second-order valence-corrected chi connectivity index (χ2v) is 4.33. The van der Waals surface area contributed by atoms with E-state index in [2.05, 4.69) is 5.32 Å². The molecule has 1 atom stereocenters. The van der Waals surface area contributed by atoms with Gasteiger partial charge in [-0.1, -0.05) is 6.42 Å². The first-order valence-electron chi connectivity index (χ1n) is 5.94. The lowest BCUT2D eigenvalue weighted by Gasteiger charge is -2.22. The van der Waals surface area contributed by atoms with Gasteiger partial charge in [-0.05, 0) is 19.4 Å². The third-order valence-corrected chi connectivity index (χ3v) is 3.12. The smallest absolute Gasteiger partial charge is 0.185 e. The molecule has 3 nitrogen and oxygen atoms in total. The second kappa shape index (κ2) is 5.44. The monoisotopic (exact) mass is 255 g/mol. The van der Waals surface area contributed by atoms with Crippen molar-refractivity contribution < 1.29 is 18.3 Å². The molecule has 0 amide bonds. The predicted octanol–water partition coefficient (Wildman–Crippen LogP) is 2.30. The molecular weight excluding hydrogens is 240 g/mol. The quantitative estimate of drug-likeness (QED) is 0.842. The number of benzene rings is 1. The van der Waals surface area contributed by atoms with Gasteiger partial charge in [0.15, 0.2) is 5.78 Å². The van der Waals surface area contributed by atoms with Crippen LogP contribution in [0.1, 0.15) is 29.6 Å². The summed E-state index contributed by atoms with van der Waals surface area (Å²) in [5.74, 6) is -2.20. The van der Waals surface area contributed by atoms with Gasteiger partial charge < -0.3 is 10.1 Å². The van der Waals surface area contributed by atoms with Crippen LogP contribution < -0.4 is 10.1 Å². The normalized spacial score (nSPS) is 19.6. The van der Waals surface area contributed by atoms with Crippen LogP contribution in [-0.4, -0.2) is 25.5 Å². The number of piperidine rings is 1. The van der Waals surface area contributed by atoms with Gasteiger partial charge in [0.25, 0.3) is 0 Å². The molecule has 1 aromatic rings. The highest BCUT2D eigenvalue weighted by molar-refractivity contribution is 6.00. The van der Waals surface area contributed by atoms with Gasteiger partial charge in [0.1, 0.15) is 17.4 Å². The van der Waals surface area contributed by atoms with Crippen molar-refractivity contribution >= 4 is 5.78 Å². The summed E-state index contributed by atoms with van der Waals surface area (Å²) in [5, 5.41) is 2.99. The molecule has 0 aromatic heterocycles. The van der Waals surface area contributed by atoms with E-state index in [-0.39, 0.29) is 5.75 Å². The second-order valence-electron chi connectivity index (χ2n) is 4.33. The van der Waals surface area contributed by atoms with E-state index in [4.69, 9.17) is 4.74 Å². The minimum absolute atomic E-state index is 0.0677. The zero-order valence-electron chi connectivity index (χ0n) is 10.1. The molecule has 0 saturated carbocycles. The Hall–Kier alpha value is -1.49. The van der Waals surface area contributed by atoms with Gasteiger partial charge in [-0.15, -0.1) is 0 Å². The van der Waals surface area contributed by atoms with Crippen molar-refractivity contribution in [3.8, 4) is 5.75 Å². The predicted molar refractivity (Wildman–Crippen MR) is 62.9 cm³/mol. The molecule has 1 aliphatic rings. The third-order valence-electron chi connectivity index (χ3n) is 3.12. The highest BCUT2D eigenvalue weighted by Gasteiger charge is 2.27. The molecule has 98 valence electrons. The molecule has 1 N–H and O–H groups in total. The summed E-state index contributed by atoms with van der Waals surface area (Å²) in [6.45, 7) is 0.704. The summed E-state index contributed by atoms with van der Waals surface area (Å²) in [5.41, 5.74) is -0.477. The zero-order chi connectivity index (χ0) is 13.1. The Bertz CT molecular complexity index is 433. The van der Waals surface area contributed by atoms with E-state index in [1.807, 2.05) is 0 Å². The molecule has 1 aliphatic heterocycles. The molecule has 0 radical (unpaired) electrons. The number of rotatable bonds is 3. The number of ether oxygens (including phenoxy) is 1. The fourth-order valence-corrected chi connectivity index (χ4v) is 2.15.